The van der Waals surface area contributed by atoms with Crippen LogP contribution in [0.3, 0.4) is 0 Å². The predicted molar refractivity (Wildman–Crippen MR) is 90.0 cm³/mol. The number of para-hydroxylation sites is 1. The molecule has 0 N–H and O–H groups in total. The summed E-state index contributed by atoms with van der Waals surface area (Å²) in [5, 5.41) is 4.58. The zero-order valence-corrected chi connectivity index (χ0v) is 13.8. The van der Waals surface area contributed by atoms with Gasteiger partial charge in [0.05, 0.1) is 23.5 Å². The molecular formula is C19H25N3. The molecule has 1 unspecified atom stereocenters. The summed E-state index contributed by atoms with van der Waals surface area (Å²) in [5.41, 5.74) is 5.80. The molecule has 0 amide bonds. The highest BCUT2D eigenvalue weighted by molar-refractivity contribution is 5.62. The SMILES string of the molecule is Cc1ccccc1N1C(C)c2cnn(C)c2C12CCCCC2. The molecule has 2 heterocycles. The fourth-order valence-electron chi connectivity index (χ4n) is 4.84. The van der Waals surface area contributed by atoms with E-state index in [9.17, 15) is 0 Å². The van der Waals surface area contributed by atoms with Gasteiger partial charge in [-0.1, -0.05) is 37.5 Å². The standard InChI is InChI=1S/C19H25N3/c1-14-9-5-6-10-17(14)22-15(2)16-13-20-21(3)18(16)19(22)11-7-4-8-12-19/h5-6,9-10,13,15H,4,7-8,11-12H2,1-3H3. The van der Waals surface area contributed by atoms with Crippen LogP contribution in [0.2, 0.25) is 0 Å². The van der Waals surface area contributed by atoms with E-state index in [-0.39, 0.29) is 5.54 Å². The van der Waals surface area contributed by atoms with Crippen LogP contribution in [0.15, 0.2) is 30.5 Å². The average molecular weight is 295 g/mol. The van der Waals surface area contributed by atoms with E-state index in [0.29, 0.717) is 6.04 Å². The highest BCUT2D eigenvalue weighted by atomic mass is 15.4. The summed E-state index contributed by atoms with van der Waals surface area (Å²) in [6.45, 7) is 4.58. The molecule has 1 spiro atoms. The molecular weight excluding hydrogens is 270 g/mol. The fraction of sp³-hybridized carbons (Fsp3) is 0.526. The van der Waals surface area contributed by atoms with Gasteiger partial charge in [0.15, 0.2) is 0 Å². The van der Waals surface area contributed by atoms with Crippen LogP contribution in [0.4, 0.5) is 5.69 Å². The topological polar surface area (TPSA) is 21.1 Å². The number of aromatic nitrogens is 2. The normalized spacial score (nSPS) is 23.0. The molecule has 1 fully saturated rings. The van der Waals surface area contributed by atoms with E-state index in [1.54, 1.807) is 0 Å². The molecule has 1 aliphatic heterocycles. The predicted octanol–water partition coefficient (Wildman–Crippen LogP) is 4.47. The molecule has 116 valence electrons. The van der Waals surface area contributed by atoms with Crippen molar-refractivity contribution in [2.24, 2.45) is 7.05 Å². The average Bonchev–Trinajstić information content (AvgIpc) is 3.01. The Hall–Kier alpha value is -1.77. The third-order valence-corrected chi connectivity index (χ3v) is 5.76. The van der Waals surface area contributed by atoms with Crippen LogP contribution in [0.25, 0.3) is 0 Å². The summed E-state index contributed by atoms with van der Waals surface area (Å²) in [7, 11) is 2.11. The van der Waals surface area contributed by atoms with Gasteiger partial charge in [-0.25, -0.2) is 0 Å². The van der Waals surface area contributed by atoms with Gasteiger partial charge in [-0.15, -0.1) is 0 Å². The van der Waals surface area contributed by atoms with E-state index < -0.39 is 0 Å². The van der Waals surface area contributed by atoms with Gasteiger partial charge in [-0.3, -0.25) is 4.68 Å². The Morgan fingerprint density at radius 3 is 2.59 bits per heavy atom. The van der Waals surface area contributed by atoms with Crippen molar-refractivity contribution in [2.75, 3.05) is 4.90 Å². The first-order chi connectivity index (χ1) is 10.6. The van der Waals surface area contributed by atoms with Gasteiger partial charge in [-0.2, -0.15) is 5.10 Å². The molecule has 1 aliphatic carbocycles. The summed E-state index contributed by atoms with van der Waals surface area (Å²) in [6, 6.07) is 9.25. The first kappa shape index (κ1) is 13.9. The van der Waals surface area contributed by atoms with Crippen LogP contribution in [0.1, 0.15) is 61.9 Å². The second kappa shape index (κ2) is 4.87. The quantitative estimate of drug-likeness (QED) is 0.774. The van der Waals surface area contributed by atoms with Gasteiger partial charge >= 0.3 is 0 Å². The smallest absolute Gasteiger partial charge is 0.0830 e. The molecule has 2 aromatic rings. The number of anilines is 1. The highest BCUT2D eigenvalue weighted by Gasteiger charge is 2.51. The first-order valence-corrected chi connectivity index (χ1v) is 8.52. The Morgan fingerprint density at radius 1 is 1.14 bits per heavy atom. The molecule has 22 heavy (non-hydrogen) atoms. The molecule has 1 aromatic heterocycles. The lowest BCUT2D eigenvalue weighted by atomic mass is 9.78. The minimum Gasteiger partial charge on any atom is -0.353 e. The number of fused-ring (bicyclic) bond motifs is 2. The Bertz CT molecular complexity index is 694. The monoisotopic (exact) mass is 295 g/mol. The number of aryl methyl sites for hydroxylation is 2. The van der Waals surface area contributed by atoms with E-state index in [2.05, 4.69) is 66.0 Å². The maximum absolute atomic E-state index is 4.58. The number of benzene rings is 1. The number of nitrogens with zero attached hydrogens (tertiary/aromatic N) is 3. The van der Waals surface area contributed by atoms with Crippen molar-refractivity contribution in [1.82, 2.24) is 9.78 Å². The number of hydrogen-bond donors (Lipinski definition) is 0. The van der Waals surface area contributed by atoms with Gasteiger partial charge in [-0.05, 0) is 38.3 Å². The molecule has 2 aliphatic rings. The van der Waals surface area contributed by atoms with Crippen LogP contribution in [-0.2, 0) is 12.6 Å². The van der Waals surface area contributed by atoms with Gasteiger partial charge < -0.3 is 4.90 Å². The molecule has 0 bridgehead atoms. The molecule has 1 atom stereocenters. The van der Waals surface area contributed by atoms with Crippen molar-refractivity contribution < 1.29 is 0 Å². The lowest BCUT2D eigenvalue weighted by Gasteiger charge is -2.46. The summed E-state index contributed by atoms with van der Waals surface area (Å²) in [5.74, 6) is 0. The number of rotatable bonds is 1. The van der Waals surface area contributed by atoms with E-state index in [1.807, 2.05) is 0 Å². The lowest BCUT2D eigenvalue weighted by Crippen LogP contribution is -2.45. The Balaban J connectivity index is 1.92. The maximum Gasteiger partial charge on any atom is 0.0830 e. The fourth-order valence-corrected chi connectivity index (χ4v) is 4.84. The largest absolute Gasteiger partial charge is 0.353 e. The summed E-state index contributed by atoms with van der Waals surface area (Å²) >= 11 is 0. The third kappa shape index (κ3) is 1.71. The zero-order valence-electron chi connectivity index (χ0n) is 13.8. The van der Waals surface area contributed by atoms with Crippen molar-refractivity contribution in [1.29, 1.82) is 0 Å². The van der Waals surface area contributed by atoms with Crippen LogP contribution in [-0.4, -0.2) is 9.78 Å². The van der Waals surface area contributed by atoms with E-state index in [1.165, 1.54) is 54.6 Å². The molecule has 0 saturated heterocycles. The second-order valence-electron chi connectivity index (χ2n) is 7.00. The van der Waals surface area contributed by atoms with E-state index >= 15 is 0 Å². The zero-order chi connectivity index (χ0) is 15.3. The van der Waals surface area contributed by atoms with Crippen LogP contribution >= 0.6 is 0 Å². The minimum atomic E-state index is 0.143. The van der Waals surface area contributed by atoms with Crippen molar-refractivity contribution in [3.8, 4) is 0 Å². The molecule has 4 rings (SSSR count). The summed E-state index contributed by atoms with van der Waals surface area (Å²) < 4.78 is 2.13. The Morgan fingerprint density at radius 2 is 1.86 bits per heavy atom. The maximum atomic E-state index is 4.58. The molecule has 1 aromatic carbocycles. The number of hydrogen-bond acceptors (Lipinski definition) is 2. The lowest BCUT2D eigenvalue weighted by molar-refractivity contribution is 0.269. The second-order valence-corrected chi connectivity index (χ2v) is 7.00. The third-order valence-electron chi connectivity index (χ3n) is 5.76. The van der Waals surface area contributed by atoms with Crippen molar-refractivity contribution >= 4 is 5.69 Å². The molecule has 3 heteroatoms. The Kier molecular flexibility index (Phi) is 3.07. The first-order valence-electron chi connectivity index (χ1n) is 8.52. The van der Waals surface area contributed by atoms with E-state index in [0.717, 1.165) is 0 Å². The molecule has 1 saturated carbocycles. The van der Waals surface area contributed by atoms with Gasteiger partial charge in [0, 0.05) is 18.3 Å². The highest BCUT2D eigenvalue weighted by Crippen LogP contribution is 2.55. The van der Waals surface area contributed by atoms with Gasteiger partial charge in [0.1, 0.15) is 0 Å². The van der Waals surface area contributed by atoms with E-state index in [4.69, 9.17) is 0 Å². The van der Waals surface area contributed by atoms with Crippen molar-refractivity contribution in [2.45, 2.75) is 57.5 Å². The van der Waals surface area contributed by atoms with Crippen molar-refractivity contribution in [3.63, 3.8) is 0 Å². The summed E-state index contributed by atoms with van der Waals surface area (Å²) in [6.07, 6.45) is 8.59. The van der Waals surface area contributed by atoms with Crippen LogP contribution in [0.5, 0.6) is 0 Å². The van der Waals surface area contributed by atoms with Crippen molar-refractivity contribution in [3.05, 3.63) is 47.3 Å². The summed E-state index contributed by atoms with van der Waals surface area (Å²) in [4.78, 5) is 2.70. The molecule has 0 radical (unpaired) electrons. The van der Waals surface area contributed by atoms with Gasteiger partial charge in [0.25, 0.3) is 0 Å². The minimum absolute atomic E-state index is 0.143. The molecule has 3 nitrogen and oxygen atoms in total. The van der Waals surface area contributed by atoms with Gasteiger partial charge in [0.2, 0.25) is 0 Å². The van der Waals surface area contributed by atoms with Crippen LogP contribution in [0, 0.1) is 6.92 Å². The Labute approximate surface area is 132 Å². The van der Waals surface area contributed by atoms with Crippen LogP contribution < -0.4 is 4.90 Å².